The number of aliphatic imine (C=N–C) groups is 1. The van der Waals surface area contributed by atoms with Crippen LogP contribution in [0.25, 0.3) is 6.08 Å². The number of benzene rings is 2. The van der Waals surface area contributed by atoms with Crippen molar-refractivity contribution < 1.29 is 9.53 Å². The number of hydrogen-bond donors (Lipinski definition) is 0. The predicted molar refractivity (Wildman–Crippen MR) is 83.2 cm³/mol. The number of cyclic esters (lactones) is 1. The monoisotopic (exact) mass is 297 g/mol. The number of esters is 1. The van der Waals surface area contributed by atoms with E-state index in [4.69, 9.17) is 16.3 Å². The fourth-order valence-corrected chi connectivity index (χ4v) is 2.16. The number of rotatable bonds is 2. The minimum atomic E-state index is -0.453. The van der Waals surface area contributed by atoms with Crippen molar-refractivity contribution in [3.8, 4) is 0 Å². The molecule has 0 saturated heterocycles. The Morgan fingerprint density at radius 1 is 1.14 bits per heavy atom. The van der Waals surface area contributed by atoms with E-state index in [1.165, 1.54) is 0 Å². The van der Waals surface area contributed by atoms with Crippen LogP contribution in [0.2, 0.25) is 5.02 Å². The van der Waals surface area contributed by atoms with Gasteiger partial charge in [-0.3, -0.25) is 0 Å². The molecule has 0 fully saturated rings. The molecular formula is C17H12ClNO2. The molecule has 3 nitrogen and oxygen atoms in total. The highest BCUT2D eigenvalue weighted by Gasteiger charge is 2.24. The highest BCUT2D eigenvalue weighted by atomic mass is 35.5. The number of carbonyl (C=O) groups is 1. The molecule has 1 aliphatic heterocycles. The Kier molecular flexibility index (Phi) is 3.59. The van der Waals surface area contributed by atoms with Crippen molar-refractivity contribution in [1.82, 2.24) is 0 Å². The van der Waals surface area contributed by atoms with Gasteiger partial charge in [-0.25, -0.2) is 9.79 Å². The van der Waals surface area contributed by atoms with E-state index in [1.54, 1.807) is 30.3 Å². The van der Waals surface area contributed by atoms with Crippen LogP contribution in [0.15, 0.2) is 59.2 Å². The second kappa shape index (κ2) is 5.54. The van der Waals surface area contributed by atoms with E-state index in [2.05, 4.69) is 4.99 Å². The van der Waals surface area contributed by atoms with Gasteiger partial charge in [0.1, 0.15) is 0 Å². The molecule has 0 aliphatic carbocycles. The van der Waals surface area contributed by atoms with Gasteiger partial charge in [0.2, 0.25) is 5.90 Å². The largest absolute Gasteiger partial charge is 0.402 e. The van der Waals surface area contributed by atoms with E-state index in [9.17, 15) is 4.79 Å². The van der Waals surface area contributed by atoms with Crippen LogP contribution in [0.1, 0.15) is 16.7 Å². The molecule has 0 N–H and O–H groups in total. The molecular weight excluding hydrogens is 286 g/mol. The van der Waals surface area contributed by atoms with E-state index < -0.39 is 5.97 Å². The van der Waals surface area contributed by atoms with Gasteiger partial charge in [-0.05, 0) is 36.8 Å². The minimum Gasteiger partial charge on any atom is -0.402 e. The topological polar surface area (TPSA) is 38.7 Å². The second-order valence-electron chi connectivity index (χ2n) is 4.76. The smallest absolute Gasteiger partial charge is 0.363 e. The number of ether oxygens (including phenoxy) is 1. The lowest BCUT2D eigenvalue weighted by atomic mass is 10.1. The third kappa shape index (κ3) is 3.03. The maximum Gasteiger partial charge on any atom is 0.363 e. The van der Waals surface area contributed by atoms with E-state index in [0.717, 1.165) is 11.1 Å². The minimum absolute atomic E-state index is 0.279. The van der Waals surface area contributed by atoms with E-state index >= 15 is 0 Å². The summed E-state index contributed by atoms with van der Waals surface area (Å²) < 4.78 is 5.20. The first-order valence-electron chi connectivity index (χ1n) is 6.47. The summed E-state index contributed by atoms with van der Waals surface area (Å²) >= 11 is 5.93. The Labute approximate surface area is 127 Å². The molecule has 0 spiro atoms. The molecule has 1 heterocycles. The normalized spacial score (nSPS) is 16.0. The Bertz CT molecular complexity index is 761. The van der Waals surface area contributed by atoms with Crippen molar-refractivity contribution in [3.63, 3.8) is 0 Å². The molecule has 0 saturated carbocycles. The summed E-state index contributed by atoms with van der Waals surface area (Å²) in [5, 5.41) is 0.571. The summed E-state index contributed by atoms with van der Waals surface area (Å²) in [7, 11) is 0. The summed E-state index contributed by atoms with van der Waals surface area (Å²) in [6.07, 6.45) is 1.71. The lowest BCUT2D eigenvalue weighted by Gasteiger charge is -1.98. The molecule has 2 aromatic carbocycles. The van der Waals surface area contributed by atoms with E-state index in [0.29, 0.717) is 10.6 Å². The zero-order valence-corrected chi connectivity index (χ0v) is 12.1. The van der Waals surface area contributed by atoms with Crippen molar-refractivity contribution in [1.29, 1.82) is 0 Å². The Morgan fingerprint density at radius 2 is 1.90 bits per heavy atom. The summed E-state index contributed by atoms with van der Waals surface area (Å²) in [5.74, 6) is -0.175. The average molecular weight is 298 g/mol. The first kappa shape index (κ1) is 13.6. The third-order valence-corrected chi connectivity index (χ3v) is 3.31. The fraction of sp³-hybridized carbons (Fsp3) is 0.0588. The van der Waals surface area contributed by atoms with E-state index in [-0.39, 0.29) is 11.6 Å². The van der Waals surface area contributed by atoms with Crippen LogP contribution < -0.4 is 0 Å². The van der Waals surface area contributed by atoms with Crippen LogP contribution in [0.4, 0.5) is 0 Å². The standard InChI is InChI=1S/C17H12ClNO2/c1-11-5-7-12(8-6-11)9-15-17(20)21-16(19-15)13-3-2-4-14(18)10-13/h2-10H,1H3. The van der Waals surface area contributed by atoms with Crippen LogP contribution in [-0.4, -0.2) is 11.9 Å². The maximum absolute atomic E-state index is 11.9. The summed E-state index contributed by atoms with van der Waals surface area (Å²) in [4.78, 5) is 16.1. The second-order valence-corrected chi connectivity index (χ2v) is 5.19. The van der Waals surface area contributed by atoms with Crippen LogP contribution >= 0.6 is 11.6 Å². The quantitative estimate of drug-likeness (QED) is 0.621. The van der Waals surface area contributed by atoms with Gasteiger partial charge >= 0.3 is 5.97 Å². The van der Waals surface area contributed by atoms with Crippen LogP contribution in [-0.2, 0) is 9.53 Å². The highest BCUT2D eigenvalue weighted by molar-refractivity contribution is 6.31. The third-order valence-electron chi connectivity index (χ3n) is 3.07. The molecule has 0 atom stereocenters. The van der Waals surface area contributed by atoms with Gasteiger partial charge in [-0.2, -0.15) is 0 Å². The van der Waals surface area contributed by atoms with Crippen molar-refractivity contribution in [2.24, 2.45) is 4.99 Å². The Hall–Kier alpha value is -2.39. The molecule has 2 aromatic rings. The number of halogens is 1. The molecule has 0 unspecified atom stereocenters. The summed E-state index contributed by atoms with van der Waals surface area (Å²) in [5.41, 5.74) is 3.04. The van der Waals surface area contributed by atoms with Crippen LogP contribution in [0.5, 0.6) is 0 Å². The first-order valence-corrected chi connectivity index (χ1v) is 6.85. The molecule has 104 valence electrons. The van der Waals surface area contributed by atoms with Gasteiger partial charge in [-0.15, -0.1) is 0 Å². The summed E-state index contributed by atoms with van der Waals surface area (Å²) in [6, 6.07) is 14.9. The zero-order valence-electron chi connectivity index (χ0n) is 11.3. The molecule has 1 aliphatic rings. The number of nitrogens with zero attached hydrogens (tertiary/aromatic N) is 1. The molecule has 21 heavy (non-hydrogen) atoms. The highest BCUT2D eigenvalue weighted by Crippen LogP contribution is 2.21. The fourth-order valence-electron chi connectivity index (χ4n) is 1.97. The van der Waals surface area contributed by atoms with Crippen molar-refractivity contribution in [3.05, 3.63) is 75.9 Å². The van der Waals surface area contributed by atoms with Crippen molar-refractivity contribution in [2.75, 3.05) is 0 Å². The zero-order chi connectivity index (χ0) is 14.8. The Morgan fingerprint density at radius 3 is 2.62 bits per heavy atom. The number of hydrogen-bond acceptors (Lipinski definition) is 3. The molecule has 0 radical (unpaired) electrons. The van der Waals surface area contributed by atoms with Crippen molar-refractivity contribution >= 4 is 29.5 Å². The van der Waals surface area contributed by atoms with Gasteiger partial charge in [0, 0.05) is 10.6 Å². The number of carbonyl (C=O) groups excluding carboxylic acids is 1. The molecule has 4 heteroatoms. The lowest BCUT2D eigenvalue weighted by molar-refractivity contribution is -0.129. The van der Waals surface area contributed by atoms with Gasteiger partial charge in [-0.1, -0.05) is 47.5 Å². The van der Waals surface area contributed by atoms with Gasteiger partial charge in [0.05, 0.1) is 0 Å². The Balaban J connectivity index is 1.93. The van der Waals surface area contributed by atoms with Gasteiger partial charge in [0.15, 0.2) is 5.70 Å². The SMILES string of the molecule is Cc1ccc(C=C2N=C(c3cccc(Cl)c3)OC2=O)cc1. The van der Waals surface area contributed by atoms with Gasteiger partial charge in [0.25, 0.3) is 0 Å². The predicted octanol–water partition coefficient (Wildman–Crippen LogP) is 3.99. The molecule has 3 rings (SSSR count). The van der Waals surface area contributed by atoms with E-state index in [1.807, 2.05) is 31.2 Å². The average Bonchev–Trinajstić information content (AvgIpc) is 2.83. The summed E-state index contributed by atoms with van der Waals surface area (Å²) in [6.45, 7) is 2.01. The van der Waals surface area contributed by atoms with Crippen molar-refractivity contribution in [2.45, 2.75) is 6.92 Å². The van der Waals surface area contributed by atoms with Gasteiger partial charge < -0.3 is 4.74 Å². The maximum atomic E-state index is 11.9. The molecule has 0 amide bonds. The molecule has 0 bridgehead atoms. The van der Waals surface area contributed by atoms with Crippen LogP contribution in [0.3, 0.4) is 0 Å². The lowest BCUT2D eigenvalue weighted by Crippen LogP contribution is -2.05. The molecule has 0 aromatic heterocycles. The van der Waals surface area contributed by atoms with Crippen LogP contribution in [0, 0.1) is 6.92 Å². The first-order chi connectivity index (χ1) is 10.1. The number of aryl methyl sites for hydroxylation is 1.